The summed E-state index contributed by atoms with van der Waals surface area (Å²) in [6.07, 6.45) is 3.07. The van der Waals surface area contributed by atoms with E-state index in [-0.39, 0.29) is 6.04 Å². The van der Waals surface area contributed by atoms with Crippen molar-refractivity contribution in [3.8, 4) is 0 Å². The maximum atomic E-state index is 12.3. The fourth-order valence-corrected chi connectivity index (χ4v) is 4.68. The Morgan fingerprint density at radius 3 is 2.78 bits per heavy atom. The molecule has 0 radical (unpaired) electrons. The Kier molecular flexibility index (Phi) is 4.42. The molecule has 1 heterocycles. The van der Waals surface area contributed by atoms with Gasteiger partial charge >= 0.3 is 0 Å². The lowest BCUT2D eigenvalue weighted by atomic mass is 10.4. The first-order valence-corrected chi connectivity index (χ1v) is 8.59. The molecule has 0 atom stereocenters. The van der Waals surface area contributed by atoms with E-state index in [2.05, 4.69) is 12.2 Å². The van der Waals surface area contributed by atoms with E-state index in [1.165, 1.54) is 15.6 Å². The fourth-order valence-electron chi connectivity index (χ4n) is 1.76. The maximum Gasteiger partial charge on any atom is 0.252 e. The Morgan fingerprint density at radius 2 is 2.17 bits per heavy atom. The minimum atomic E-state index is -3.26. The van der Waals surface area contributed by atoms with Crippen LogP contribution in [-0.2, 0) is 16.6 Å². The Morgan fingerprint density at radius 1 is 1.44 bits per heavy atom. The molecule has 1 aromatic rings. The molecule has 2 rings (SSSR count). The second-order valence-electron chi connectivity index (χ2n) is 4.65. The molecule has 4 nitrogen and oxygen atoms in total. The molecule has 1 fully saturated rings. The topological polar surface area (TPSA) is 49.4 Å². The quantitative estimate of drug-likeness (QED) is 0.781. The SMILES string of the molecule is CCCNCc1ccc(S(=O)(=O)N(C)C2CC2)s1. The zero-order valence-corrected chi connectivity index (χ0v) is 12.5. The van der Waals surface area contributed by atoms with Crippen LogP contribution in [-0.4, -0.2) is 32.4 Å². The van der Waals surface area contributed by atoms with Crippen molar-refractivity contribution in [2.45, 2.75) is 43.0 Å². The lowest BCUT2D eigenvalue weighted by molar-refractivity contribution is 0.466. The van der Waals surface area contributed by atoms with Crippen molar-refractivity contribution >= 4 is 21.4 Å². The van der Waals surface area contributed by atoms with Crippen LogP contribution in [0, 0.1) is 0 Å². The molecule has 18 heavy (non-hydrogen) atoms. The smallest absolute Gasteiger partial charge is 0.252 e. The van der Waals surface area contributed by atoms with Crippen LogP contribution in [0.4, 0.5) is 0 Å². The second-order valence-corrected chi connectivity index (χ2v) is 8.04. The summed E-state index contributed by atoms with van der Waals surface area (Å²) in [5.74, 6) is 0. The molecule has 0 bridgehead atoms. The molecule has 0 aliphatic heterocycles. The van der Waals surface area contributed by atoms with Crippen LogP contribution in [0.5, 0.6) is 0 Å². The normalized spacial score (nSPS) is 16.4. The van der Waals surface area contributed by atoms with Gasteiger partial charge in [-0.2, -0.15) is 4.31 Å². The van der Waals surface area contributed by atoms with Gasteiger partial charge in [-0.25, -0.2) is 8.42 Å². The summed E-state index contributed by atoms with van der Waals surface area (Å²) in [4.78, 5) is 1.08. The summed E-state index contributed by atoms with van der Waals surface area (Å²) in [5, 5.41) is 3.28. The summed E-state index contributed by atoms with van der Waals surface area (Å²) in [6.45, 7) is 3.82. The Hall–Kier alpha value is -0.430. The lowest BCUT2D eigenvalue weighted by Gasteiger charge is -2.14. The molecule has 1 aliphatic carbocycles. The van der Waals surface area contributed by atoms with Crippen molar-refractivity contribution < 1.29 is 8.42 Å². The summed E-state index contributed by atoms with van der Waals surface area (Å²) in [6, 6.07) is 3.85. The minimum Gasteiger partial charge on any atom is -0.312 e. The molecule has 0 aromatic carbocycles. The number of thiophene rings is 1. The predicted octanol–water partition coefficient (Wildman–Crippen LogP) is 2.03. The van der Waals surface area contributed by atoms with Crippen LogP contribution in [0.25, 0.3) is 0 Å². The van der Waals surface area contributed by atoms with Crippen LogP contribution in [0.2, 0.25) is 0 Å². The number of rotatable bonds is 7. The van der Waals surface area contributed by atoms with Crippen molar-refractivity contribution in [2.75, 3.05) is 13.6 Å². The predicted molar refractivity (Wildman–Crippen MR) is 74.3 cm³/mol. The number of hydrogen-bond donors (Lipinski definition) is 1. The molecule has 6 heteroatoms. The minimum absolute atomic E-state index is 0.221. The highest BCUT2D eigenvalue weighted by atomic mass is 32.2. The second kappa shape index (κ2) is 5.69. The Bertz CT molecular complexity index is 492. The molecule has 1 aliphatic rings. The molecule has 1 saturated carbocycles. The third-order valence-electron chi connectivity index (χ3n) is 3.06. The summed E-state index contributed by atoms with van der Waals surface area (Å²) in [5.41, 5.74) is 0. The molecule has 102 valence electrons. The van der Waals surface area contributed by atoms with Gasteiger partial charge in [0.15, 0.2) is 0 Å². The van der Waals surface area contributed by atoms with E-state index in [0.29, 0.717) is 4.21 Å². The molecule has 0 saturated heterocycles. The van der Waals surface area contributed by atoms with Crippen LogP contribution in [0.1, 0.15) is 31.1 Å². The molecular formula is C12H20N2O2S2. The van der Waals surface area contributed by atoms with Crippen LogP contribution in [0.3, 0.4) is 0 Å². The van der Waals surface area contributed by atoms with E-state index >= 15 is 0 Å². The first-order chi connectivity index (χ1) is 8.55. The Balaban J connectivity index is 2.04. The van der Waals surface area contributed by atoms with Gasteiger partial charge in [0, 0.05) is 24.5 Å². The molecule has 0 spiro atoms. The van der Waals surface area contributed by atoms with E-state index in [1.807, 2.05) is 6.07 Å². The molecule has 1 N–H and O–H groups in total. The number of nitrogens with zero attached hydrogens (tertiary/aromatic N) is 1. The van der Waals surface area contributed by atoms with E-state index in [1.54, 1.807) is 13.1 Å². The van der Waals surface area contributed by atoms with E-state index in [9.17, 15) is 8.42 Å². The summed E-state index contributed by atoms with van der Waals surface area (Å²) >= 11 is 1.37. The Labute approximate surface area is 113 Å². The first-order valence-electron chi connectivity index (χ1n) is 6.33. The van der Waals surface area contributed by atoms with E-state index in [4.69, 9.17) is 0 Å². The first kappa shape index (κ1) is 14.0. The molecular weight excluding hydrogens is 268 g/mol. The van der Waals surface area contributed by atoms with Crippen molar-refractivity contribution in [1.82, 2.24) is 9.62 Å². The molecule has 0 unspecified atom stereocenters. The van der Waals surface area contributed by atoms with Gasteiger partial charge in [-0.05, 0) is 37.9 Å². The number of sulfonamides is 1. The van der Waals surface area contributed by atoms with E-state index < -0.39 is 10.0 Å². The van der Waals surface area contributed by atoms with Gasteiger partial charge in [0.05, 0.1) is 0 Å². The van der Waals surface area contributed by atoms with Gasteiger partial charge in [0.1, 0.15) is 4.21 Å². The van der Waals surface area contributed by atoms with Crippen molar-refractivity contribution in [2.24, 2.45) is 0 Å². The highest BCUT2D eigenvalue weighted by Gasteiger charge is 2.35. The summed E-state index contributed by atoms with van der Waals surface area (Å²) < 4.78 is 26.5. The van der Waals surface area contributed by atoms with Gasteiger partial charge in [-0.3, -0.25) is 0 Å². The lowest BCUT2D eigenvalue weighted by Crippen LogP contribution is -2.28. The van der Waals surface area contributed by atoms with Crippen molar-refractivity contribution in [1.29, 1.82) is 0 Å². The maximum absolute atomic E-state index is 12.3. The summed E-state index contributed by atoms with van der Waals surface area (Å²) in [7, 11) is -1.58. The zero-order chi connectivity index (χ0) is 13.2. The molecule has 0 amide bonds. The third kappa shape index (κ3) is 3.12. The van der Waals surface area contributed by atoms with Crippen molar-refractivity contribution in [3.63, 3.8) is 0 Å². The van der Waals surface area contributed by atoms with Crippen LogP contribution < -0.4 is 5.32 Å². The number of hydrogen-bond acceptors (Lipinski definition) is 4. The van der Waals surface area contributed by atoms with Gasteiger partial charge < -0.3 is 5.32 Å². The average Bonchev–Trinajstić information content (AvgIpc) is 3.07. The highest BCUT2D eigenvalue weighted by Crippen LogP contribution is 2.32. The van der Waals surface area contributed by atoms with Gasteiger partial charge in [0.2, 0.25) is 0 Å². The van der Waals surface area contributed by atoms with Crippen LogP contribution >= 0.6 is 11.3 Å². The highest BCUT2D eigenvalue weighted by molar-refractivity contribution is 7.91. The molecule has 1 aromatic heterocycles. The third-order valence-corrected chi connectivity index (χ3v) is 6.52. The zero-order valence-electron chi connectivity index (χ0n) is 10.8. The largest absolute Gasteiger partial charge is 0.312 e. The van der Waals surface area contributed by atoms with Gasteiger partial charge in [-0.1, -0.05) is 6.92 Å². The van der Waals surface area contributed by atoms with E-state index in [0.717, 1.165) is 37.2 Å². The fraction of sp³-hybridized carbons (Fsp3) is 0.667. The average molecular weight is 288 g/mol. The van der Waals surface area contributed by atoms with Crippen LogP contribution in [0.15, 0.2) is 16.3 Å². The van der Waals surface area contributed by atoms with Gasteiger partial charge in [0.25, 0.3) is 10.0 Å². The standard InChI is InChI=1S/C12H20N2O2S2/c1-3-8-13-9-11-6-7-12(17-11)18(15,16)14(2)10-4-5-10/h6-7,10,13H,3-5,8-9H2,1-2H3. The van der Waals surface area contributed by atoms with Gasteiger partial charge in [-0.15, -0.1) is 11.3 Å². The van der Waals surface area contributed by atoms with Crippen molar-refractivity contribution in [3.05, 3.63) is 17.0 Å². The monoisotopic (exact) mass is 288 g/mol. The number of nitrogens with one attached hydrogen (secondary N) is 1.